The highest BCUT2D eigenvalue weighted by molar-refractivity contribution is 5.90. The van der Waals surface area contributed by atoms with Crippen molar-refractivity contribution in [1.29, 1.82) is 0 Å². The minimum absolute atomic E-state index is 0.0515. The monoisotopic (exact) mass is 284 g/mol. The molecule has 3 rings (SSSR count). The largest absolute Gasteiger partial charge is 0.333 e. The molecule has 0 bridgehead atoms. The molecule has 1 aromatic carbocycles. The number of aryl methyl sites for hydroxylation is 1. The van der Waals surface area contributed by atoms with E-state index in [-0.39, 0.29) is 11.9 Å². The van der Waals surface area contributed by atoms with Crippen LogP contribution in [0.15, 0.2) is 30.3 Å². The molecule has 1 saturated heterocycles. The number of hydrogen-bond acceptors (Lipinski definition) is 3. The molecule has 0 spiro atoms. The maximum Gasteiger partial charge on any atom is 0.293 e. The Kier molecular flexibility index (Phi) is 3.99. The van der Waals surface area contributed by atoms with Crippen LogP contribution < -0.4 is 0 Å². The molecule has 2 heterocycles. The molecule has 0 saturated carbocycles. The molecule has 1 N–H and O–H groups in total. The van der Waals surface area contributed by atoms with Gasteiger partial charge in [-0.3, -0.25) is 9.89 Å². The SMILES string of the molecule is CCc1nc(C(=O)N2CCCC2Cc2ccccc2)n[nH]1. The second-order valence-corrected chi connectivity index (χ2v) is 5.44. The molecule has 1 amide bonds. The standard InChI is InChI=1S/C16H20N4O/c1-2-14-17-15(19-18-14)16(21)20-10-6-9-13(20)11-12-7-4-3-5-8-12/h3-5,7-8,13H,2,6,9-11H2,1H3,(H,17,18,19). The lowest BCUT2D eigenvalue weighted by Gasteiger charge is -2.23. The third-order valence-corrected chi connectivity index (χ3v) is 4.01. The highest BCUT2D eigenvalue weighted by atomic mass is 16.2. The van der Waals surface area contributed by atoms with Crippen molar-refractivity contribution in [3.63, 3.8) is 0 Å². The Morgan fingerprint density at radius 3 is 2.90 bits per heavy atom. The van der Waals surface area contributed by atoms with Crippen LogP contribution in [0, 0.1) is 0 Å². The predicted octanol–water partition coefficient (Wildman–Crippen LogP) is 2.21. The van der Waals surface area contributed by atoms with Gasteiger partial charge in [0, 0.05) is 19.0 Å². The van der Waals surface area contributed by atoms with Crippen molar-refractivity contribution in [2.24, 2.45) is 0 Å². The molecule has 1 unspecified atom stereocenters. The number of aromatic nitrogens is 3. The van der Waals surface area contributed by atoms with Gasteiger partial charge in [-0.25, -0.2) is 4.98 Å². The Morgan fingerprint density at radius 2 is 2.19 bits per heavy atom. The highest BCUT2D eigenvalue weighted by Crippen LogP contribution is 2.22. The summed E-state index contributed by atoms with van der Waals surface area (Å²) in [6.07, 6.45) is 3.76. The van der Waals surface area contributed by atoms with Crippen LogP contribution in [0.2, 0.25) is 0 Å². The Labute approximate surface area is 124 Å². The molecule has 5 nitrogen and oxygen atoms in total. The van der Waals surface area contributed by atoms with Crippen LogP contribution in [0.5, 0.6) is 0 Å². The minimum Gasteiger partial charge on any atom is -0.333 e. The molecule has 1 aromatic heterocycles. The van der Waals surface area contributed by atoms with Crippen LogP contribution in [-0.2, 0) is 12.8 Å². The fourth-order valence-electron chi connectivity index (χ4n) is 2.88. The highest BCUT2D eigenvalue weighted by Gasteiger charge is 2.31. The first-order valence-electron chi connectivity index (χ1n) is 7.54. The summed E-state index contributed by atoms with van der Waals surface area (Å²) < 4.78 is 0. The third-order valence-electron chi connectivity index (χ3n) is 4.01. The molecule has 0 radical (unpaired) electrons. The number of nitrogens with zero attached hydrogens (tertiary/aromatic N) is 3. The van der Waals surface area contributed by atoms with E-state index in [0.29, 0.717) is 5.82 Å². The maximum atomic E-state index is 12.6. The molecule has 1 atom stereocenters. The summed E-state index contributed by atoms with van der Waals surface area (Å²) in [5.74, 6) is 1.01. The topological polar surface area (TPSA) is 61.9 Å². The minimum atomic E-state index is -0.0515. The zero-order valence-electron chi connectivity index (χ0n) is 12.2. The number of amides is 1. The number of hydrogen-bond donors (Lipinski definition) is 1. The molecule has 1 aliphatic rings. The summed E-state index contributed by atoms with van der Waals surface area (Å²) >= 11 is 0. The first-order valence-corrected chi connectivity index (χ1v) is 7.54. The third kappa shape index (κ3) is 2.96. The average molecular weight is 284 g/mol. The number of carbonyl (C=O) groups excluding carboxylic acids is 1. The van der Waals surface area contributed by atoms with E-state index in [4.69, 9.17) is 0 Å². The molecule has 5 heteroatoms. The lowest BCUT2D eigenvalue weighted by molar-refractivity contribution is 0.0724. The average Bonchev–Trinajstić information content (AvgIpc) is 3.16. The van der Waals surface area contributed by atoms with E-state index in [1.807, 2.05) is 30.0 Å². The summed E-state index contributed by atoms with van der Waals surface area (Å²) in [6, 6.07) is 10.6. The number of rotatable bonds is 4. The molecular formula is C16H20N4O. The summed E-state index contributed by atoms with van der Waals surface area (Å²) in [6.45, 7) is 2.79. The number of carbonyl (C=O) groups is 1. The van der Waals surface area contributed by atoms with Gasteiger partial charge in [-0.2, -0.15) is 0 Å². The van der Waals surface area contributed by atoms with Gasteiger partial charge < -0.3 is 4.90 Å². The quantitative estimate of drug-likeness (QED) is 0.936. The van der Waals surface area contributed by atoms with Crippen molar-refractivity contribution in [2.75, 3.05) is 6.54 Å². The van der Waals surface area contributed by atoms with Crippen LogP contribution in [-0.4, -0.2) is 38.6 Å². The summed E-state index contributed by atoms with van der Waals surface area (Å²) in [7, 11) is 0. The Morgan fingerprint density at radius 1 is 1.38 bits per heavy atom. The Hall–Kier alpha value is -2.17. The number of likely N-dealkylation sites (tertiary alicyclic amines) is 1. The van der Waals surface area contributed by atoms with Crippen molar-refractivity contribution in [3.05, 3.63) is 47.5 Å². The summed E-state index contributed by atoms with van der Waals surface area (Å²) in [4.78, 5) is 18.7. The van der Waals surface area contributed by atoms with Crippen LogP contribution in [0.25, 0.3) is 0 Å². The fraction of sp³-hybridized carbons (Fsp3) is 0.438. The van der Waals surface area contributed by atoms with E-state index in [0.717, 1.165) is 38.1 Å². The van der Waals surface area contributed by atoms with E-state index in [2.05, 4.69) is 27.3 Å². The van der Waals surface area contributed by atoms with Gasteiger partial charge in [0.05, 0.1) is 0 Å². The van der Waals surface area contributed by atoms with Gasteiger partial charge in [0.2, 0.25) is 5.82 Å². The molecular weight excluding hydrogens is 264 g/mol. The van der Waals surface area contributed by atoms with Crippen molar-refractivity contribution in [1.82, 2.24) is 20.1 Å². The molecule has 110 valence electrons. The number of nitrogens with one attached hydrogen (secondary N) is 1. The lowest BCUT2D eigenvalue weighted by Crippen LogP contribution is -2.37. The number of aromatic amines is 1. The van der Waals surface area contributed by atoms with Gasteiger partial charge in [0.25, 0.3) is 5.91 Å². The second kappa shape index (κ2) is 6.08. The van der Waals surface area contributed by atoms with Crippen molar-refractivity contribution >= 4 is 5.91 Å². The second-order valence-electron chi connectivity index (χ2n) is 5.44. The zero-order valence-corrected chi connectivity index (χ0v) is 12.2. The Bertz CT molecular complexity index is 608. The van der Waals surface area contributed by atoms with Gasteiger partial charge in [-0.05, 0) is 24.8 Å². The van der Waals surface area contributed by atoms with Crippen LogP contribution in [0.1, 0.15) is 41.8 Å². The molecule has 2 aromatic rings. The maximum absolute atomic E-state index is 12.6. The molecule has 0 aliphatic carbocycles. The van der Waals surface area contributed by atoms with Crippen LogP contribution in [0.4, 0.5) is 0 Å². The van der Waals surface area contributed by atoms with Gasteiger partial charge in [-0.1, -0.05) is 37.3 Å². The Balaban J connectivity index is 1.72. The molecule has 21 heavy (non-hydrogen) atoms. The van der Waals surface area contributed by atoms with E-state index in [1.54, 1.807) is 0 Å². The van der Waals surface area contributed by atoms with Crippen LogP contribution >= 0.6 is 0 Å². The summed E-state index contributed by atoms with van der Waals surface area (Å²) in [5.41, 5.74) is 1.27. The van der Waals surface area contributed by atoms with E-state index in [9.17, 15) is 4.79 Å². The zero-order chi connectivity index (χ0) is 14.7. The first kappa shape index (κ1) is 13.8. The van der Waals surface area contributed by atoms with E-state index >= 15 is 0 Å². The van der Waals surface area contributed by atoms with Gasteiger partial charge in [0.15, 0.2) is 0 Å². The lowest BCUT2D eigenvalue weighted by atomic mass is 10.0. The fourth-order valence-corrected chi connectivity index (χ4v) is 2.88. The number of H-pyrrole nitrogens is 1. The normalized spacial score (nSPS) is 18.1. The van der Waals surface area contributed by atoms with Gasteiger partial charge in [-0.15, -0.1) is 5.10 Å². The predicted molar refractivity (Wildman–Crippen MR) is 80.0 cm³/mol. The van der Waals surface area contributed by atoms with Crippen LogP contribution in [0.3, 0.4) is 0 Å². The van der Waals surface area contributed by atoms with Crippen molar-refractivity contribution in [2.45, 2.75) is 38.6 Å². The van der Waals surface area contributed by atoms with Crippen molar-refractivity contribution < 1.29 is 4.79 Å². The smallest absolute Gasteiger partial charge is 0.293 e. The molecule has 1 aliphatic heterocycles. The van der Waals surface area contributed by atoms with Gasteiger partial charge >= 0.3 is 0 Å². The van der Waals surface area contributed by atoms with E-state index in [1.165, 1.54) is 5.56 Å². The number of benzene rings is 1. The first-order chi connectivity index (χ1) is 10.3. The van der Waals surface area contributed by atoms with Gasteiger partial charge in [0.1, 0.15) is 5.82 Å². The van der Waals surface area contributed by atoms with E-state index < -0.39 is 0 Å². The van der Waals surface area contributed by atoms with Crippen molar-refractivity contribution in [3.8, 4) is 0 Å². The molecule has 1 fully saturated rings. The summed E-state index contributed by atoms with van der Waals surface area (Å²) in [5, 5.41) is 6.86.